The van der Waals surface area contributed by atoms with Crippen molar-refractivity contribution in [1.29, 1.82) is 0 Å². The minimum atomic E-state index is -0.694. The van der Waals surface area contributed by atoms with E-state index in [1.165, 1.54) is 18.2 Å². The fourth-order valence-corrected chi connectivity index (χ4v) is 2.58. The van der Waals surface area contributed by atoms with Crippen LogP contribution in [0.1, 0.15) is 10.4 Å². The second kappa shape index (κ2) is 6.98. The van der Waals surface area contributed by atoms with Crippen LogP contribution in [0.15, 0.2) is 36.4 Å². The molecule has 1 aliphatic heterocycles. The molecule has 0 aliphatic carbocycles. The molecule has 2 aromatic carbocycles. The zero-order valence-electron chi connectivity index (χ0n) is 12.2. The van der Waals surface area contributed by atoms with E-state index in [0.717, 1.165) is 0 Å². The van der Waals surface area contributed by atoms with Gasteiger partial charge in [0.25, 0.3) is 5.91 Å². The molecule has 0 radical (unpaired) electrons. The lowest BCUT2D eigenvalue weighted by molar-refractivity contribution is -0.119. The highest BCUT2D eigenvalue weighted by Gasteiger charge is 2.15. The molecule has 0 unspecified atom stereocenters. The Kier molecular flexibility index (Phi) is 4.78. The Bertz CT molecular complexity index is 789. The molecule has 8 heteroatoms. The average Bonchev–Trinajstić information content (AvgIpc) is 2.99. The van der Waals surface area contributed by atoms with Crippen LogP contribution in [-0.2, 0) is 9.53 Å². The molecule has 24 heavy (non-hydrogen) atoms. The maximum absolute atomic E-state index is 11.9. The smallest absolute Gasteiger partial charge is 0.338 e. The first-order chi connectivity index (χ1) is 11.5. The Morgan fingerprint density at radius 1 is 1.04 bits per heavy atom. The lowest BCUT2D eigenvalue weighted by Gasteiger charge is -2.08. The topological polar surface area (TPSA) is 73.9 Å². The summed E-state index contributed by atoms with van der Waals surface area (Å²) in [6.45, 7) is -0.302. The summed E-state index contributed by atoms with van der Waals surface area (Å²) in [7, 11) is 0. The summed E-state index contributed by atoms with van der Waals surface area (Å²) in [6.07, 6.45) is 0. The van der Waals surface area contributed by atoms with E-state index in [4.69, 9.17) is 37.4 Å². The number of halogens is 2. The molecule has 0 saturated carbocycles. The maximum atomic E-state index is 11.9. The summed E-state index contributed by atoms with van der Waals surface area (Å²) in [5, 5.41) is 3.21. The predicted molar refractivity (Wildman–Crippen MR) is 87.9 cm³/mol. The standard InChI is InChI=1S/C16H11Cl2NO5/c17-10-3-9(4-11(18)5-10)16(21)22-7-15(20)19-12-1-2-13-14(6-12)24-8-23-13/h1-6H,7-8H2,(H,19,20). The molecule has 3 rings (SSSR count). The van der Waals surface area contributed by atoms with Crippen LogP contribution in [-0.4, -0.2) is 25.3 Å². The molecule has 1 N–H and O–H groups in total. The van der Waals surface area contributed by atoms with Crippen LogP contribution in [0.4, 0.5) is 5.69 Å². The van der Waals surface area contributed by atoms with E-state index < -0.39 is 18.5 Å². The Morgan fingerprint density at radius 3 is 2.50 bits per heavy atom. The summed E-state index contributed by atoms with van der Waals surface area (Å²) >= 11 is 11.6. The molecular weight excluding hydrogens is 357 g/mol. The fourth-order valence-electron chi connectivity index (χ4n) is 2.06. The summed E-state index contributed by atoms with van der Waals surface area (Å²) in [4.78, 5) is 23.8. The van der Waals surface area contributed by atoms with Crippen LogP contribution in [0.3, 0.4) is 0 Å². The largest absolute Gasteiger partial charge is 0.454 e. The summed E-state index contributed by atoms with van der Waals surface area (Å²) in [5.41, 5.74) is 0.675. The van der Waals surface area contributed by atoms with E-state index in [9.17, 15) is 9.59 Å². The Labute approximate surface area is 147 Å². The molecule has 6 nitrogen and oxygen atoms in total. The summed E-state index contributed by atoms with van der Waals surface area (Å²) in [6, 6.07) is 9.27. The molecule has 2 aromatic rings. The van der Waals surface area contributed by atoms with Crippen molar-refractivity contribution in [1.82, 2.24) is 0 Å². The van der Waals surface area contributed by atoms with Gasteiger partial charge in [-0.15, -0.1) is 0 Å². The van der Waals surface area contributed by atoms with Crippen LogP contribution in [0.25, 0.3) is 0 Å². The van der Waals surface area contributed by atoms with Gasteiger partial charge in [-0.05, 0) is 30.3 Å². The molecule has 1 aliphatic rings. The van der Waals surface area contributed by atoms with Crippen molar-refractivity contribution in [3.05, 3.63) is 52.0 Å². The van der Waals surface area contributed by atoms with Gasteiger partial charge in [-0.3, -0.25) is 4.79 Å². The van der Waals surface area contributed by atoms with Gasteiger partial charge in [0.15, 0.2) is 18.1 Å². The van der Waals surface area contributed by atoms with E-state index >= 15 is 0 Å². The Hall–Kier alpha value is -2.44. The van der Waals surface area contributed by atoms with Gasteiger partial charge in [0, 0.05) is 21.8 Å². The van der Waals surface area contributed by atoms with Gasteiger partial charge in [0.05, 0.1) is 5.56 Å². The molecule has 0 bridgehead atoms. The van der Waals surface area contributed by atoms with Crippen LogP contribution in [0.5, 0.6) is 11.5 Å². The fraction of sp³-hybridized carbons (Fsp3) is 0.125. The van der Waals surface area contributed by atoms with E-state index in [-0.39, 0.29) is 12.4 Å². The van der Waals surface area contributed by atoms with Crippen molar-refractivity contribution in [3.63, 3.8) is 0 Å². The first kappa shape index (κ1) is 16.4. The number of carbonyl (C=O) groups is 2. The van der Waals surface area contributed by atoms with Crippen LogP contribution >= 0.6 is 23.2 Å². The van der Waals surface area contributed by atoms with Gasteiger partial charge >= 0.3 is 5.97 Å². The van der Waals surface area contributed by atoms with E-state index in [2.05, 4.69) is 5.32 Å². The van der Waals surface area contributed by atoms with Crippen LogP contribution < -0.4 is 14.8 Å². The second-order valence-corrected chi connectivity index (χ2v) is 5.72. The second-order valence-electron chi connectivity index (χ2n) is 4.85. The molecule has 124 valence electrons. The molecule has 0 atom stereocenters. The maximum Gasteiger partial charge on any atom is 0.338 e. The van der Waals surface area contributed by atoms with Crippen molar-refractivity contribution in [2.75, 3.05) is 18.7 Å². The number of benzene rings is 2. The van der Waals surface area contributed by atoms with Gasteiger partial charge in [-0.1, -0.05) is 23.2 Å². The number of rotatable bonds is 4. The van der Waals surface area contributed by atoms with Gasteiger partial charge in [-0.25, -0.2) is 4.79 Å². The van der Waals surface area contributed by atoms with Gasteiger partial charge in [0.2, 0.25) is 6.79 Å². The summed E-state index contributed by atoms with van der Waals surface area (Å²) < 4.78 is 15.3. The van der Waals surface area contributed by atoms with Crippen molar-refractivity contribution < 1.29 is 23.8 Å². The third-order valence-corrected chi connectivity index (χ3v) is 3.53. The zero-order valence-corrected chi connectivity index (χ0v) is 13.7. The molecular formula is C16H11Cl2NO5. The minimum absolute atomic E-state index is 0.145. The highest BCUT2D eigenvalue weighted by Crippen LogP contribution is 2.34. The lowest BCUT2D eigenvalue weighted by atomic mass is 10.2. The Morgan fingerprint density at radius 2 is 1.75 bits per heavy atom. The molecule has 1 heterocycles. The third-order valence-electron chi connectivity index (χ3n) is 3.09. The molecule has 1 amide bonds. The number of hydrogen-bond donors (Lipinski definition) is 1. The monoisotopic (exact) mass is 367 g/mol. The van der Waals surface area contributed by atoms with Crippen molar-refractivity contribution in [2.45, 2.75) is 0 Å². The average molecular weight is 368 g/mol. The number of nitrogens with one attached hydrogen (secondary N) is 1. The number of hydrogen-bond acceptors (Lipinski definition) is 5. The highest BCUT2D eigenvalue weighted by molar-refractivity contribution is 6.35. The number of carbonyl (C=O) groups excluding carboxylic acids is 2. The molecule has 0 fully saturated rings. The van der Waals surface area contributed by atoms with Crippen LogP contribution in [0, 0.1) is 0 Å². The molecule has 0 saturated heterocycles. The van der Waals surface area contributed by atoms with Crippen molar-refractivity contribution in [3.8, 4) is 11.5 Å². The van der Waals surface area contributed by atoms with Crippen molar-refractivity contribution in [2.24, 2.45) is 0 Å². The van der Waals surface area contributed by atoms with Gasteiger partial charge in [0.1, 0.15) is 0 Å². The number of fused-ring (bicyclic) bond motifs is 1. The van der Waals surface area contributed by atoms with Gasteiger partial charge in [-0.2, -0.15) is 0 Å². The first-order valence-corrected chi connectivity index (χ1v) is 7.59. The zero-order chi connectivity index (χ0) is 17.1. The van der Waals surface area contributed by atoms with E-state index in [0.29, 0.717) is 27.2 Å². The molecule has 0 aromatic heterocycles. The van der Waals surface area contributed by atoms with Crippen molar-refractivity contribution >= 4 is 40.8 Å². The SMILES string of the molecule is O=C(COC(=O)c1cc(Cl)cc(Cl)c1)Nc1ccc2c(c1)OCO2. The third kappa shape index (κ3) is 3.90. The lowest BCUT2D eigenvalue weighted by Crippen LogP contribution is -2.20. The Balaban J connectivity index is 1.56. The highest BCUT2D eigenvalue weighted by atomic mass is 35.5. The molecule has 0 spiro atoms. The normalized spacial score (nSPS) is 11.9. The van der Waals surface area contributed by atoms with E-state index in [1.54, 1.807) is 18.2 Å². The summed E-state index contributed by atoms with van der Waals surface area (Å²) in [5.74, 6) is -0.0359. The number of esters is 1. The number of amides is 1. The minimum Gasteiger partial charge on any atom is -0.454 e. The van der Waals surface area contributed by atoms with E-state index in [1.807, 2.05) is 0 Å². The van der Waals surface area contributed by atoms with Gasteiger partial charge < -0.3 is 19.5 Å². The number of ether oxygens (including phenoxy) is 3. The number of anilines is 1. The first-order valence-electron chi connectivity index (χ1n) is 6.84. The van der Waals surface area contributed by atoms with Crippen LogP contribution in [0.2, 0.25) is 10.0 Å². The predicted octanol–water partition coefficient (Wildman–Crippen LogP) is 3.52. The quantitative estimate of drug-likeness (QED) is 0.836.